The number of hydrogen-bond acceptors (Lipinski definition) is 2. The van der Waals surface area contributed by atoms with Gasteiger partial charge >= 0.3 is 0 Å². The van der Waals surface area contributed by atoms with Gasteiger partial charge in [0.2, 0.25) is 0 Å². The van der Waals surface area contributed by atoms with E-state index in [4.69, 9.17) is 0 Å². The van der Waals surface area contributed by atoms with Crippen molar-refractivity contribution >= 4 is 26.8 Å². The van der Waals surface area contributed by atoms with Gasteiger partial charge in [-0.15, -0.1) is 0 Å². The zero-order chi connectivity index (χ0) is 13.1. The number of aromatic nitrogens is 1. The molecule has 1 heterocycles. The Hall–Kier alpha value is -0.930. The standard InChI is InChI=1S/C15H19BrN2/c1-10(2)8-17-9-12-7-11(3)18-15-13(12)5-4-6-14(15)16/h4-7,10,17H,8-9H2,1-3H3. The molecule has 2 aromatic rings. The number of rotatable bonds is 4. The second kappa shape index (κ2) is 5.81. The number of fused-ring (bicyclic) bond motifs is 1. The van der Waals surface area contributed by atoms with Gasteiger partial charge in [-0.05, 0) is 53.0 Å². The van der Waals surface area contributed by atoms with Crippen LogP contribution in [0.15, 0.2) is 28.7 Å². The van der Waals surface area contributed by atoms with E-state index in [1.807, 2.05) is 13.0 Å². The summed E-state index contributed by atoms with van der Waals surface area (Å²) in [6.07, 6.45) is 0. The Bertz CT molecular complexity index is 549. The van der Waals surface area contributed by atoms with Gasteiger partial charge in [0.1, 0.15) is 0 Å². The number of benzene rings is 1. The number of pyridine rings is 1. The Labute approximate surface area is 117 Å². The number of hydrogen-bond donors (Lipinski definition) is 1. The molecule has 96 valence electrons. The molecule has 1 N–H and O–H groups in total. The van der Waals surface area contributed by atoms with Crippen LogP contribution in [-0.2, 0) is 6.54 Å². The first kappa shape index (κ1) is 13.5. The maximum Gasteiger partial charge on any atom is 0.0850 e. The molecule has 2 nitrogen and oxygen atoms in total. The van der Waals surface area contributed by atoms with Crippen molar-refractivity contribution in [3.8, 4) is 0 Å². The van der Waals surface area contributed by atoms with Crippen LogP contribution in [0.4, 0.5) is 0 Å². The lowest BCUT2D eigenvalue weighted by Crippen LogP contribution is -2.19. The van der Waals surface area contributed by atoms with Crippen molar-refractivity contribution < 1.29 is 0 Å². The van der Waals surface area contributed by atoms with Gasteiger partial charge in [-0.25, -0.2) is 0 Å². The smallest absolute Gasteiger partial charge is 0.0850 e. The van der Waals surface area contributed by atoms with Crippen LogP contribution in [0.2, 0.25) is 0 Å². The summed E-state index contributed by atoms with van der Waals surface area (Å²) in [6, 6.07) is 8.41. The third-order valence-corrected chi connectivity index (χ3v) is 3.51. The minimum absolute atomic E-state index is 0.672. The summed E-state index contributed by atoms with van der Waals surface area (Å²) >= 11 is 3.57. The van der Waals surface area contributed by atoms with Crippen LogP contribution in [0.1, 0.15) is 25.1 Å². The van der Waals surface area contributed by atoms with E-state index in [0.29, 0.717) is 5.92 Å². The van der Waals surface area contributed by atoms with Gasteiger partial charge in [0.15, 0.2) is 0 Å². The van der Waals surface area contributed by atoms with E-state index in [2.05, 4.69) is 58.3 Å². The second-order valence-corrected chi connectivity index (χ2v) is 5.94. The number of nitrogens with zero attached hydrogens (tertiary/aromatic N) is 1. The average Bonchev–Trinajstić information content (AvgIpc) is 2.30. The highest BCUT2D eigenvalue weighted by Crippen LogP contribution is 2.25. The largest absolute Gasteiger partial charge is 0.312 e. The summed E-state index contributed by atoms with van der Waals surface area (Å²) in [5, 5.41) is 4.72. The van der Waals surface area contributed by atoms with Crippen molar-refractivity contribution in [2.75, 3.05) is 6.54 Å². The predicted molar refractivity (Wildman–Crippen MR) is 80.7 cm³/mol. The third kappa shape index (κ3) is 3.09. The quantitative estimate of drug-likeness (QED) is 0.921. The number of nitrogens with one attached hydrogen (secondary N) is 1. The van der Waals surface area contributed by atoms with Crippen molar-refractivity contribution in [3.63, 3.8) is 0 Å². The van der Waals surface area contributed by atoms with Crippen molar-refractivity contribution in [3.05, 3.63) is 40.0 Å². The van der Waals surface area contributed by atoms with E-state index in [-0.39, 0.29) is 0 Å². The maximum atomic E-state index is 4.60. The maximum absolute atomic E-state index is 4.60. The minimum atomic E-state index is 0.672. The fourth-order valence-electron chi connectivity index (χ4n) is 2.07. The van der Waals surface area contributed by atoms with Gasteiger partial charge in [-0.1, -0.05) is 26.0 Å². The summed E-state index contributed by atoms with van der Waals surface area (Å²) in [7, 11) is 0. The Morgan fingerprint density at radius 3 is 2.83 bits per heavy atom. The highest BCUT2D eigenvalue weighted by molar-refractivity contribution is 9.10. The van der Waals surface area contributed by atoms with E-state index in [1.54, 1.807) is 0 Å². The van der Waals surface area contributed by atoms with Gasteiger partial charge in [-0.3, -0.25) is 4.98 Å². The monoisotopic (exact) mass is 306 g/mol. The molecule has 0 aliphatic heterocycles. The SMILES string of the molecule is Cc1cc(CNCC(C)C)c2cccc(Br)c2n1. The normalized spacial score (nSPS) is 11.4. The van der Waals surface area contributed by atoms with Gasteiger partial charge in [0.05, 0.1) is 5.52 Å². The van der Waals surface area contributed by atoms with E-state index in [1.165, 1.54) is 10.9 Å². The number of halogens is 1. The van der Waals surface area contributed by atoms with Crippen LogP contribution in [0, 0.1) is 12.8 Å². The molecule has 1 aromatic carbocycles. The molecule has 0 saturated heterocycles. The van der Waals surface area contributed by atoms with Gasteiger partial charge in [0, 0.05) is 22.1 Å². The Balaban J connectivity index is 2.34. The Kier molecular flexibility index (Phi) is 4.36. The Morgan fingerprint density at radius 1 is 1.33 bits per heavy atom. The van der Waals surface area contributed by atoms with Crippen LogP contribution < -0.4 is 5.32 Å². The number of para-hydroxylation sites is 1. The predicted octanol–water partition coefficient (Wildman–Crippen LogP) is 4.05. The molecule has 0 radical (unpaired) electrons. The first-order valence-corrected chi connectivity index (χ1v) is 7.12. The molecule has 18 heavy (non-hydrogen) atoms. The molecule has 0 saturated carbocycles. The van der Waals surface area contributed by atoms with E-state index >= 15 is 0 Å². The Morgan fingerprint density at radius 2 is 2.11 bits per heavy atom. The minimum Gasteiger partial charge on any atom is -0.312 e. The van der Waals surface area contributed by atoms with Crippen molar-refractivity contribution in [1.29, 1.82) is 0 Å². The number of aryl methyl sites for hydroxylation is 1. The van der Waals surface area contributed by atoms with Crippen LogP contribution in [0.25, 0.3) is 10.9 Å². The summed E-state index contributed by atoms with van der Waals surface area (Å²) in [5.74, 6) is 0.672. The van der Waals surface area contributed by atoms with E-state index in [0.717, 1.165) is 28.8 Å². The highest BCUT2D eigenvalue weighted by Gasteiger charge is 2.06. The zero-order valence-corrected chi connectivity index (χ0v) is 12.7. The first-order valence-electron chi connectivity index (χ1n) is 6.33. The molecule has 0 aliphatic rings. The molecule has 0 fully saturated rings. The lowest BCUT2D eigenvalue weighted by atomic mass is 10.1. The fraction of sp³-hybridized carbons (Fsp3) is 0.400. The van der Waals surface area contributed by atoms with Gasteiger partial charge in [-0.2, -0.15) is 0 Å². The average molecular weight is 307 g/mol. The molecule has 0 amide bonds. The fourth-order valence-corrected chi connectivity index (χ4v) is 2.52. The zero-order valence-electron chi connectivity index (χ0n) is 11.1. The molecular weight excluding hydrogens is 288 g/mol. The van der Waals surface area contributed by atoms with Crippen LogP contribution in [0.5, 0.6) is 0 Å². The lowest BCUT2D eigenvalue weighted by molar-refractivity contribution is 0.553. The highest BCUT2D eigenvalue weighted by atomic mass is 79.9. The third-order valence-electron chi connectivity index (χ3n) is 2.87. The topological polar surface area (TPSA) is 24.9 Å². The lowest BCUT2D eigenvalue weighted by Gasteiger charge is -2.11. The molecule has 0 unspecified atom stereocenters. The second-order valence-electron chi connectivity index (χ2n) is 5.08. The first-order chi connectivity index (χ1) is 8.58. The van der Waals surface area contributed by atoms with Crippen molar-refractivity contribution in [2.45, 2.75) is 27.3 Å². The van der Waals surface area contributed by atoms with E-state index in [9.17, 15) is 0 Å². The molecule has 0 bridgehead atoms. The van der Waals surface area contributed by atoms with Gasteiger partial charge < -0.3 is 5.32 Å². The van der Waals surface area contributed by atoms with Crippen LogP contribution in [0.3, 0.4) is 0 Å². The van der Waals surface area contributed by atoms with Gasteiger partial charge in [0.25, 0.3) is 0 Å². The van der Waals surface area contributed by atoms with Crippen molar-refractivity contribution in [1.82, 2.24) is 10.3 Å². The molecular formula is C15H19BrN2. The molecule has 0 atom stereocenters. The van der Waals surface area contributed by atoms with Crippen LogP contribution >= 0.6 is 15.9 Å². The summed E-state index contributed by atoms with van der Waals surface area (Å²) in [5.41, 5.74) is 3.44. The molecule has 2 rings (SSSR count). The molecule has 0 aliphatic carbocycles. The molecule has 0 spiro atoms. The summed E-state index contributed by atoms with van der Waals surface area (Å²) < 4.78 is 1.06. The summed E-state index contributed by atoms with van der Waals surface area (Å²) in [6.45, 7) is 8.43. The van der Waals surface area contributed by atoms with Crippen molar-refractivity contribution in [2.24, 2.45) is 5.92 Å². The molecule has 3 heteroatoms. The summed E-state index contributed by atoms with van der Waals surface area (Å²) in [4.78, 5) is 4.60. The molecule has 1 aromatic heterocycles. The van der Waals surface area contributed by atoms with E-state index < -0.39 is 0 Å². The van der Waals surface area contributed by atoms with Crippen LogP contribution in [-0.4, -0.2) is 11.5 Å².